The van der Waals surface area contributed by atoms with E-state index in [9.17, 15) is 13.6 Å². The fourth-order valence-electron chi connectivity index (χ4n) is 1.81. The zero-order valence-corrected chi connectivity index (χ0v) is 9.82. The van der Waals surface area contributed by atoms with Crippen LogP contribution in [-0.4, -0.2) is 19.1 Å². The lowest BCUT2D eigenvalue weighted by molar-refractivity contribution is -0.115. The number of hydrogen-bond donors (Lipinski definition) is 0. The van der Waals surface area contributed by atoms with E-state index in [4.69, 9.17) is 4.74 Å². The first-order valence-electron chi connectivity index (χ1n) is 5.47. The highest BCUT2D eigenvalue weighted by molar-refractivity contribution is 5.80. The van der Waals surface area contributed by atoms with Crippen molar-refractivity contribution in [3.63, 3.8) is 0 Å². The van der Waals surface area contributed by atoms with Crippen LogP contribution in [-0.2, 0) is 4.79 Å². The lowest BCUT2D eigenvalue weighted by Crippen LogP contribution is -2.22. The Hall–Kier alpha value is -1.97. The monoisotopic (exact) mass is 250 g/mol. The number of alkyl halides is 1. The van der Waals surface area contributed by atoms with Crippen LogP contribution in [0, 0.1) is 5.82 Å². The molecule has 1 aliphatic rings. The van der Waals surface area contributed by atoms with E-state index >= 15 is 0 Å². The summed E-state index contributed by atoms with van der Waals surface area (Å²) >= 11 is 0. The van der Waals surface area contributed by atoms with E-state index in [0.717, 1.165) is 6.08 Å². The quantitative estimate of drug-likeness (QED) is 0.770. The van der Waals surface area contributed by atoms with E-state index in [2.05, 4.69) is 0 Å². The second-order valence-electron chi connectivity index (χ2n) is 4.06. The molecule has 0 saturated heterocycles. The molecule has 0 aliphatic heterocycles. The normalized spacial score (nSPS) is 22.5. The number of carbonyl (C=O) groups is 1. The predicted molar refractivity (Wildman–Crippen MR) is 64.6 cm³/mol. The molecule has 0 heterocycles. The molecule has 18 heavy (non-hydrogen) atoms. The highest BCUT2D eigenvalue weighted by Crippen LogP contribution is 2.32. The fourth-order valence-corrected chi connectivity index (χ4v) is 1.81. The van der Waals surface area contributed by atoms with E-state index in [1.54, 1.807) is 12.1 Å². The molecule has 2 rings (SSSR count). The minimum absolute atomic E-state index is 0.0843. The molecule has 1 aromatic carbocycles. The molecule has 0 aromatic heterocycles. The maximum absolute atomic E-state index is 14.0. The number of ether oxygens (including phenoxy) is 1. The van der Waals surface area contributed by atoms with E-state index in [1.165, 1.54) is 25.3 Å². The third-order valence-electron chi connectivity index (χ3n) is 2.86. The van der Waals surface area contributed by atoms with Crippen molar-refractivity contribution in [1.29, 1.82) is 0 Å². The fraction of sp³-hybridized carbons (Fsp3) is 0.214. The van der Waals surface area contributed by atoms with Gasteiger partial charge in [0.25, 0.3) is 0 Å². The Morgan fingerprint density at radius 3 is 2.78 bits per heavy atom. The van der Waals surface area contributed by atoms with Gasteiger partial charge in [-0.05, 0) is 17.7 Å². The molecular formula is C14H12F2O2. The van der Waals surface area contributed by atoms with Crippen LogP contribution in [0.3, 0.4) is 0 Å². The molecule has 4 heteroatoms. The number of benzene rings is 1. The summed E-state index contributed by atoms with van der Waals surface area (Å²) in [5.41, 5.74) is -1.10. The van der Waals surface area contributed by atoms with Gasteiger partial charge in [-0.15, -0.1) is 0 Å². The molecule has 0 bridgehead atoms. The molecule has 0 N–H and O–H groups in total. The van der Waals surface area contributed by atoms with Crippen LogP contribution in [0.15, 0.2) is 36.4 Å². The third-order valence-corrected chi connectivity index (χ3v) is 2.86. The van der Waals surface area contributed by atoms with E-state index < -0.39 is 11.5 Å². The maximum Gasteiger partial charge on any atom is 0.187 e. The minimum atomic E-state index is -1.97. The lowest BCUT2D eigenvalue weighted by Gasteiger charge is -2.18. The van der Waals surface area contributed by atoms with Gasteiger partial charge >= 0.3 is 0 Å². The van der Waals surface area contributed by atoms with Gasteiger partial charge in [0.2, 0.25) is 0 Å². The van der Waals surface area contributed by atoms with Crippen molar-refractivity contribution in [2.45, 2.75) is 12.1 Å². The van der Waals surface area contributed by atoms with Gasteiger partial charge in [-0.25, -0.2) is 8.78 Å². The van der Waals surface area contributed by atoms with Crippen molar-refractivity contribution in [2.24, 2.45) is 0 Å². The molecule has 2 nitrogen and oxygen atoms in total. The molecule has 1 atom stereocenters. The van der Waals surface area contributed by atoms with Crippen molar-refractivity contribution < 1.29 is 18.3 Å². The smallest absolute Gasteiger partial charge is 0.187 e. The zero-order valence-electron chi connectivity index (χ0n) is 9.82. The zero-order chi connectivity index (χ0) is 13.2. The van der Waals surface area contributed by atoms with Crippen molar-refractivity contribution in [1.82, 2.24) is 0 Å². The summed E-state index contributed by atoms with van der Waals surface area (Å²) in [6.45, 7) is 0. The van der Waals surface area contributed by atoms with Gasteiger partial charge in [0.05, 0.1) is 7.11 Å². The number of allylic oxidation sites excluding steroid dienone is 4. The molecule has 1 aromatic rings. The van der Waals surface area contributed by atoms with E-state index in [1.807, 2.05) is 0 Å². The van der Waals surface area contributed by atoms with Crippen molar-refractivity contribution in [2.75, 3.05) is 7.11 Å². The first-order chi connectivity index (χ1) is 8.59. The molecule has 0 fully saturated rings. The van der Waals surface area contributed by atoms with Crippen LogP contribution in [0.1, 0.15) is 12.0 Å². The molecule has 1 aliphatic carbocycles. The van der Waals surface area contributed by atoms with Gasteiger partial charge in [-0.3, -0.25) is 4.79 Å². The summed E-state index contributed by atoms with van der Waals surface area (Å²) in [4.78, 5) is 10.5. The minimum Gasteiger partial charge on any atom is -0.494 e. The van der Waals surface area contributed by atoms with Gasteiger partial charge in [0.15, 0.2) is 23.5 Å². The second kappa shape index (κ2) is 4.72. The SMILES string of the molecule is COc1cccc(C2=CCC(F)(C=O)C=C2)c1F. The summed E-state index contributed by atoms with van der Waals surface area (Å²) in [5.74, 6) is -0.359. The first kappa shape index (κ1) is 12.5. The predicted octanol–water partition coefficient (Wildman–Crippen LogP) is 3.08. The molecule has 1 unspecified atom stereocenters. The Balaban J connectivity index is 2.36. The van der Waals surface area contributed by atoms with Gasteiger partial charge in [0.1, 0.15) is 0 Å². The number of aldehydes is 1. The molecule has 0 radical (unpaired) electrons. The van der Waals surface area contributed by atoms with Crippen LogP contribution in [0.5, 0.6) is 5.75 Å². The largest absolute Gasteiger partial charge is 0.494 e. The summed E-state index contributed by atoms with van der Waals surface area (Å²) in [7, 11) is 1.38. The summed E-state index contributed by atoms with van der Waals surface area (Å²) in [6, 6.07) is 4.75. The van der Waals surface area contributed by atoms with Gasteiger partial charge in [-0.2, -0.15) is 0 Å². The van der Waals surface area contributed by atoms with Crippen molar-refractivity contribution in [3.8, 4) is 5.75 Å². The Morgan fingerprint density at radius 1 is 1.44 bits per heavy atom. The highest BCUT2D eigenvalue weighted by atomic mass is 19.1. The topological polar surface area (TPSA) is 26.3 Å². The summed E-state index contributed by atoms with van der Waals surface area (Å²) in [6.07, 6.45) is 4.23. The van der Waals surface area contributed by atoms with Gasteiger partial charge in [0, 0.05) is 12.0 Å². The lowest BCUT2D eigenvalue weighted by atomic mass is 9.91. The Morgan fingerprint density at radius 2 is 2.22 bits per heavy atom. The number of methoxy groups -OCH3 is 1. The number of rotatable bonds is 3. The van der Waals surface area contributed by atoms with Crippen LogP contribution in [0.2, 0.25) is 0 Å². The second-order valence-corrected chi connectivity index (χ2v) is 4.06. The average molecular weight is 250 g/mol. The van der Waals surface area contributed by atoms with Crippen molar-refractivity contribution >= 4 is 11.9 Å². The van der Waals surface area contributed by atoms with Gasteiger partial charge in [-0.1, -0.05) is 24.3 Å². The Kier molecular flexibility index (Phi) is 3.28. The third kappa shape index (κ3) is 2.18. The highest BCUT2D eigenvalue weighted by Gasteiger charge is 2.27. The van der Waals surface area contributed by atoms with Crippen molar-refractivity contribution in [3.05, 3.63) is 47.8 Å². The number of hydrogen-bond acceptors (Lipinski definition) is 2. The standard InChI is InChI=1S/C14H12F2O2/c1-18-12-4-2-3-11(13(12)15)10-5-7-14(16,9-17)8-6-10/h2-7,9H,8H2,1H3. The summed E-state index contributed by atoms with van der Waals surface area (Å²) < 4.78 is 32.5. The van der Waals surface area contributed by atoms with Gasteiger partial charge < -0.3 is 4.74 Å². The molecule has 94 valence electrons. The Labute approximate surface area is 104 Å². The number of carbonyl (C=O) groups excluding carboxylic acids is 1. The van der Waals surface area contributed by atoms with Crippen LogP contribution in [0.25, 0.3) is 5.57 Å². The van der Waals surface area contributed by atoms with Crippen LogP contribution >= 0.6 is 0 Å². The molecule has 0 spiro atoms. The average Bonchev–Trinajstić information content (AvgIpc) is 2.40. The molecule has 0 amide bonds. The maximum atomic E-state index is 14.0. The Bertz CT molecular complexity index is 535. The molecular weight excluding hydrogens is 238 g/mol. The number of halogens is 2. The van der Waals surface area contributed by atoms with E-state index in [0.29, 0.717) is 11.1 Å². The van der Waals surface area contributed by atoms with E-state index in [-0.39, 0.29) is 18.5 Å². The molecule has 0 saturated carbocycles. The summed E-state index contributed by atoms with van der Waals surface area (Å²) in [5, 5.41) is 0. The first-order valence-corrected chi connectivity index (χ1v) is 5.47. The van der Waals surface area contributed by atoms with Crippen LogP contribution in [0.4, 0.5) is 8.78 Å². The van der Waals surface area contributed by atoms with Crippen LogP contribution < -0.4 is 4.74 Å².